The highest BCUT2D eigenvalue weighted by molar-refractivity contribution is 6.39. The predicted molar refractivity (Wildman–Crippen MR) is 185 cm³/mol. The van der Waals surface area contributed by atoms with E-state index in [1.54, 1.807) is 20.8 Å². The fourth-order valence-corrected chi connectivity index (χ4v) is 7.78. The van der Waals surface area contributed by atoms with Gasteiger partial charge in [-0.2, -0.15) is 0 Å². The van der Waals surface area contributed by atoms with Crippen molar-refractivity contribution in [1.82, 2.24) is 4.90 Å². The molecule has 12 heteroatoms. The van der Waals surface area contributed by atoms with Crippen LogP contribution in [0, 0.1) is 23.7 Å². The lowest BCUT2D eigenvalue weighted by atomic mass is 9.82. The van der Waals surface area contributed by atoms with Crippen molar-refractivity contribution in [2.75, 3.05) is 20.8 Å². The molecule has 3 aliphatic rings. The van der Waals surface area contributed by atoms with Crippen LogP contribution in [0.3, 0.4) is 0 Å². The number of rotatable bonds is 5. The van der Waals surface area contributed by atoms with Gasteiger partial charge in [-0.25, -0.2) is 4.79 Å². The highest BCUT2D eigenvalue weighted by atomic mass is 16.7. The van der Waals surface area contributed by atoms with E-state index in [1.807, 2.05) is 26.8 Å². The maximum absolute atomic E-state index is 14.0. The Morgan fingerprint density at radius 2 is 1.68 bits per heavy atom. The summed E-state index contributed by atoms with van der Waals surface area (Å²) in [5.41, 5.74) is 1.35. The van der Waals surface area contributed by atoms with Crippen LogP contribution >= 0.6 is 0 Å². The largest absolute Gasteiger partial charge is 0.456 e. The van der Waals surface area contributed by atoms with Gasteiger partial charge in [-0.1, -0.05) is 39.3 Å². The topological polar surface area (TPSA) is 166 Å². The zero-order chi connectivity index (χ0) is 37.5. The number of cyclic esters (lactones) is 1. The van der Waals surface area contributed by atoms with Crippen LogP contribution in [0.15, 0.2) is 23.3 Å². The first-order valence-corrected chi connectivity index (χ1v) is 18.1. The molecule has 0 aromatic carbocycles. The molecule has 0 aromatic rings. The summed E-state index contributed by atoms with van der Waals surface area (Å²) in [6.45, 7) is 12.2. The number of hydrogen-bond donors (Lipinski definition) is 2. The normalized spacial score (nSPS) is 37.7. The third-order valence-electron chi connectivity index (χ3n) is 10.7. The summed E-state index contributed by atoms with van der Waals surface area (Å²) in [5, 5.41) is 23.2. The molecule has 0 radical (unpaired) electrons. The van der Waals surface area contributed by atoms with E-state index in [4.69, 9.17) is 18.9 Å². The second-order valence-electron chi connectivity index (χ2n) is 14.8. The monoisotopic (exact) mass is 705 g/mol. The third kappa shape index (κ3) is 9.76. The van der Waals surface area contributed by atoms with E-state index < -0.39 is 77.8 Å². The lowest BCUT2D eigenvalue weighted by Gasteiger charge is -2.47. The summed E-state index contributed by atoms with van der Waals surface area (Å²) in [5.74, 6) is -8.07. The second-order valence-corrected chi connectivity index (χ2v) is 14.8. The van der Waals surface area contributed by atoms with Gasteiger partial charge < -0.3 is 34.1 Å². The lowest BCUT2D eigenvalue weighted by molar-refractivity contribution is -0.302. The highest BCUT2D eigenvalue weighted by Gasteiger charge is 2.56. The number of carbonyl (C=O) groups excluding carboxylic acids is 5. The van der Waals surface area contributed by atoms with E-state index in [9.17, 15) is 34.2 Å². The van der Waals surface area contributed by atoms with Crippen LogP contribution in [-0.4, -0.2) is 107 Å². The van der Waals surface area contributed by atoms with Crippen LogP contribution in [0.4, 0.5) is 0 Å². The molecule has 3 aliphatic heterocycles. The molecule has 0 spiro atoms. The smallest absolute Gasteiger partial charge is 0.329 e. The highest BCUT2D eigenvalue weighted by Crippen LogP contribution is 2.39. The number of ether oxygens (including phenoxy) is 4. The van der Waals surface area contributed by atoms with Crippen molar-refractivity contribution in [2.45, 2.75) is 142 Å². The van der Waals surface area contributed by atoms with Crippen molar-refractivity contribution in [2.24, 2.45) is 23.7 Å². The van der Waals surface area contributed by atoms with Crippen molar-refractivity contribution < 1.29 is 53.1 Å². The van der Waals surface area contributed by atoms with Gasteiger partial charge in [0.2, 0.25) is 5.79 Å². The standard InChI is InChI=1S/C38H59NO11/c1-10-27-16-21(2)15-22(3)17-31(47-8)34-32(48-9)19-24(5)38(46,50-34)35(43)36(44)39-14-12-11-13-28(39)37(45)49-33(23(4)18-25(6)40)26(7)29(41)20-30(27)42/h16,18,22,24,26-29,31-34,41,46H,10-15,17,19-20H2,1-9H3. The molecular weight excluding hydrogens is 646 g/mol. The fraction of sp³-hybridized carbons (Fsp3) is 0.763. The van der Waals surface area contributed by atoms with Crippen LogP contribution in [0.5, 0.6) is 0 Å². The van der Waals surface area contributed by atoms with Gasteiger partial charge in [0.05, 0.1) is 18.3 Å². The van der Waals surface area contributed by atoms with Crippen molar-refractivity contribution in [3.63, 3.8) is 0 Å². The van der Waals surface area contributed by atoms with Gasteiger partial charge in [0.15, 0.2) is 5.78 Å². The van der Waals surface area contributed by atoms with E-state index in [0.717, 1.165) is 10.5 Å². The van der Waals surface area contributed by atoms with Crippen LogP contribution in [0.2, 0.25) is 0 Å². The SMILES string of the molecule is CCC1C=C(C)CC(C)CC(OC)C2OC(O)(C(=O)C(=O)N3CCCCC3C(=O)OC(C(C)=CC(C)=O)C(C)C(O)CC1=O)C(C)CC2OC. The summed E-state index contributed by atoms with van der Waals surface area (Å²) in [6.07, 6.45) is 1.81. The van der Waals surface area contributed by atoms with Crippen LogP contribution < -0.4 is 0 Å². The molecule has 1 amide bonds. The Labute approximate surface area is 296 Å². The number of aliphatic hydroxyl groups excluding tert-OH is 1. The molecule has 0 saturated carbocycles. The minimum absolute atomic E-state index is 0.0310. The number of Topliss-reactive ketones (excluding diaryl/α,β-unsaturated/α-hetero) is 2. The number of methoxy groups -OCH3 is 2. The number of amides is 1. The van der Waals surface area contributed by atoms with Crippen LogP contribution in [0.25, 0.3) is 0 Å². The summed E-state index contributed by atoms with van der Waals surface area (Å²) >= 11 is 0. The van der Waals surface area contributed by atoms with Gasteiger partial charge >= 0.3 is 5.97 Å². The van der Waals surface area contributed by atoms with Gasteiger partial charge in [-0.3, -0.25) is 19.2 Å². The van der Waals surface area contributed by atoms with Gasteiger partial charge in [-0.05, 0) is 83.3 Å². The molecule has 2 N–H and O–H groups in total. The molecular formula is C38H59NO11. The molecule has 50 heavy (non-hydrogen) atoms. The number of piperidine rings is 1. The first-order valence-electron chi connectivity index (χ1n) is 18.1. The Bertz CT molecular complexity index is 1310. The number of fused-ring (bicyclic) bond motifs is 3. The maximum Gasteiger partial charge on any atom is 0.329 e. The maximum atomic E-state index is 14.0. The number of esters is 1. The molecule has 11 unspecified atom stereocenters. The summed E-state index contributed by atoms with van der Waals surface area (Å²) in [7, 11) is 3.04. The van der Waals surface area contributed by atoms with Crippen LogP contribution in [-0.2, 0) is 42.9 Å². The Morgan fingerprint density at radius 1 is 1.04 bits per heavy atom. The average Bonchev–Trinajstić information content (AvgIpc) is 3.07. The number of nitrogens with zero attached hydrogens (tertiary/aromatic N) is 1. The van der Waals surface area contributed by atoms with E-state index in [1.165, 1.54) is 27.2 Å². The molecule has 0 aliphatic carbocycles. The zero-order valence-electron chi connectivity index (χ0n) is 31.3. The molecule has 3 rings (SSSR count). The molecule has 282 valence electrons. The summed E-state index contributed by atoms with van der Waals surface area (Å²) in [4.78, 5) is 68.6. The number of aliphatic hydroxyl groups is 2. The quantitative estimate of drug-likeness (QED) is 0.185. The molecule has 2 saturated heterocycles. The van der Waals surface area contributed by atoms with Gasteiger partial charge in [0.1, 0.15) is 24.0 Å². The first kappa shape index (κ1) is 41.6. The van der Waals surface area contributed by atoms with E-state index in [0.29, 0.717) is 37.7 Å². The van der Waals surface area contributed by atoms with Gasteiger partial charge in [0, 0.05) is 44.9 Å². The van der Waals surface area contributed by atoms with Crippen molar-refractivity contribution in [1.29, 1.82) is 0 Å². The Kier molecular flexibility index (Phi) is 15.1. The van der Waals surface area contributed by atoms with Crippen molar-refractivity contribution in [3.05, 3.63) is 23.3 Å². The number of carbonyl (C=O) groups is 5. The van der Waals surface area contributed by atoms with Gasteiger partial charge in [-0.15, -0.1) is 0 Å². The summed E-state index contributed by atoms with van der Waals surface area (Å²) < 4.78 is 23.8. The minimum Gasteiger partial charge on any atom is -0.456 e. The van der Waals surface area contributed by atoms with E-state index in [2.05, 4.69) is 0 Å². The molecule has 11 atom stereocenters. The van der Waals surface area contributed by atoms with Crippen molar-refractivity contribution in [3.8, 4) is 0 Å². The molecule has 12 nitrogen and oxygen atoms in total. The third-order valence-corrected chi connectivity index (χ3v) is 10.7. The molecule has 2 fully saturated rings. The van der Waals surface area contributed by atoms with E-state index >= 15 is 0 Å². The molecule has 0 aromatic heterocycles. The Hall–Kier alpha value is -2.77. The zero-order valence-corrected chi connectivity index (χ0v) is 31.3. The molecule has 3 heterocycles. The first-order chi connectivity index (χ1) is 23.5. The van der Waals surface area contributed by atoms with Gasteiger partial charge in [0.25, 0.3) is 11.7 Å². The average molecular weight is 706 g/mol. The lowest BCUT2D eigenvalue weighted by Crippen LogP contribution is -2.64. The summed E-state index contributed by atoms with van der Waals surface area (Å²) in [6, 6.07) is -1.16. The number of allylic oxidation sites excluding steroid dienone is 3. The van der Waals surface area contributed by atoms with E-state index in [-0.39, 0.29) is 43.3 Å². The Morgan fingerprint density at radius 3 is 2.28 bits per heavy atom. The van der Waals surface area contributed by atoms with Crippen LogP contribution in [0.1, 0.15) is 99.8 Å². The molecule has 2 bridgehead atoms. The minimum atomic E-state index is -2.51. The predicted octanol–water partition coefficient (Wildman–Crippen LogP) is 3.89. The second kappa shape index (κ2) is 18.1. The fourth-order valence-electron chi connectivity index (χ4n) is 7.78. The number of ketones is 3. The number of hydrogen-bond acceptors (Lipinski definition) is 11. The van der Waals surface area contributed by atoms with Crippen molar-refractivity contribution >= 4 is 29.2 Å². The Balaban J connectivity index is 2.12.